The lowest BCUT2D eigenvalue weighted by Gasteiger charge is -2.38. The Morgan fingerprint density at radius 2 is 0.467 bits per heavy atom. The van der Waals surface area contributed by atoms with Crippen LogP contribution in [0.25, 0.3) is 0 Å². The fourth-order valence-electron chi connectivity index (χ4n) is 3.09. The van der Waals surface area contributed by atoms with Crippen molar-refractivity contribution in [3.8, 4) is 0 Å². The molecule has 2 nitrogen and oxygen atoms in total. The zero-order chi connectivity index (χ0) is 21.1. The molecule has 6 heteroatoms. The van der Waals surface area contributed by atoms with E-state index in [1.54, 1.807) is 0 Å². The van der Waals surface area contributed by atoms with E-state index in [1.807, 2.05) is 0 Å². The van der Waals surface area contributed by atoms with Gasteiger partial charge in [-0.3, -0.25) is 0 Å². The van der Waals surface area contributed by atoms with Gasteiger partial charge in [0.1, 0.15) is 0 Å². The number of nitrogens with zero attached hydrogens (tertiary/aromatic N) is 2. The molecule has 0 aliphatic carbocycles. The summed E-state index contributed by atoms with van der Waals surface area (Å²) in [6.45, 7) is 0. The zero-order valence-corrected chi connectivity index (χ0v) is 22.0. The normalized spacial score (nSPS) is 10.7. The first kappa shape index (κ1) is 21.6. The van der Waals surface area contributed by atoms with Gasteiger partial charge in [0.05, 0.1) is 22.7 Å². The van der Waals surface area contributed by atoms with Crippen LogP contribution >= 0.6 is 63.7 Å². The highest BCUT2D eigenvalue weighted by Crippen LogP contribution is 2.38. The molecule has 0 amide bonds. The van der Waals surface area contributed by atoms with E-state index in [4.69, 9.17) is 0 Å². The third kappa shape index (κ3) is 4.99. The van der Waals surface area contributed by atoms with Crippen LogP contribution in [0.15, 0.2) is 115 Å². The van der Waals surface area contributed by atoms with Crippen LogP contribution < -0.4 is 10.0 Å². The van der Waals surface area contributed by atoms with Gasteiger partial charge in [0.2, 0.25) is 0 Å². The first-order valence-corrected chi connectivity index (χ1v) is 12.3. The number of hydrogen-bond donors (Lipinski definition) is 0. The molecule has 0 atom stereocenters. The Morgan fingerprint density at radius 3 is 0.633 bits per heavy atom. The number of hydrogen-bond acceptors (Lipinski definition) is 2. The van der Waals surface area contributed by atoms with Gasteiger partial charge in [0, 0.05) is 17.9 Å². The predicted octanol–water partition coefficient (Wildman–Crippen LogP) is 9.63. The van der Waals surface area contributed by atoms with E-state index < -0.39 is 0 Å². The van der Waals surface area contributed by atoms with Crippen molar-refractivity contribution in [1.29, 1.82) is 0 Å². The summed E-state index contributed by atoms with van der Waals surface area (Å²) in [6, 6.07) is 33.3. The SMILES string of the molecule is Brc1ccc(N(c2ccc(Br)cc2)N(c2ccc(Br)cc2)c2ccc(Br)cc2)cc1. The molecule has 0 aromatic heterocycles. The summed E-state index contributed by atoms with van der Waals surface area (Å²) in [4.78, 5) is 0. The van der Waals surface area contributed by atoms with Gasteiger partial charge in [-0.1, -0.05) is 63.7 Å². The molecule has 0 aliphatic rings. The molecule has 150 valence electrons. The van der Waals surface area contributed by atoms with Crippen molar-refractivity contribution in [1.82, 2.24) is 0 Å². The minimum atomic E-state index is 1.04. The molecule has 4 aromatic rings. The zero-order valence-electron chi connectivity index (χ0n) is 15.6. The molecule has 0 heterocycles. The second kappa shape index (κ2) is 9.69. The highest BCUT2D eigenvalue weighted by atomic mass is 79.9. The van der Waals surface area contributed by atoms with Crippen LogP contribution in [-0.4, -0.2) is 0 Å². The van der Waals surface area contributed by atoms with E-state index in [9.17, 15) is 0 Å². The van der Waals surface area contributed by atoms with E-state index in [2.05, 4.69) is 171 Å². The van der Waals surface area contributed by atoms with Gasteiger partial charge in [0.25, 0.3) is 0 Å². The standard InChI is InChI=1S/C24H16Br4N2/c25-17-1-9-21(10-2-17)29(22-11-3-18(26)4-12-22)30(23-13-5-19(27)6-14-23)24-15-7-20(28)8-16-24/h1-16H. The molecular formula is C24H16Br4N2. The van der Waals surface area contributed by atoms with Crippen LogP contribution in [0.2, 0.25) is 0 Å². The maximum Gasteiger partial charge on any atom is 0.0637 e. The van der Waals surface area contributed by atoms with Crippen molar-refractivity contribution in [2.45, 2.75) is 0 Å². The second-order valence-electron chi connectivity index (χ2n) is 6.53. The van der Waals surface area contributed by atoms with Gasteiger partial charge in [-0.2, -0.15) is 0 Å². The molecule has 0 saturated heterocycles. The number of anilines is 4. The third-order valence-electron chi connectivity index (χ3n) is 4.48. The van der Waals surface area contributed by atoms with Gasteiger partial charge in [-0.25, -0.2) is 10.0 Å². The summed E-state index contributed by atoms with van der Waals surface area (Å²) in [6.07, 6.45) is 0. The largest absolute Gasteiger partial charge is 0.249 e. The van der Waals surface area contributed by atoms with Crippen molar-refractivity contribution in [3.05, 3.63) is 115 Å². The highest BCUT2D eigenvalue weighted by molar-refractivity contribution is 9.11. The Hall–Kier alpha value is -1.60. The van der Waals surface area contributed by atoms with E-state index in [1.165, 1.54) is 0 Å². The van der Waals surface area contributed by atoms with Crippen molar-refractivity contribution in [2.24, 2.45) is 0 Å². The second-order valence-corrected chi connectivity index (χ2v) is 10.2. The Bertz CT molecular complexity index is 926. The Kier molecular flexibility index (Phi) is 6.98. The van der Waals surface area contributed by atoms with E-state index in [0.29, 0.717) is 0 Å². The van der Waals surface area contributed by atoms with Crippen molar-refractivity contribution in [3.63, 3.8) is 0 Å². The van der Waals surface area contributed by atoms with Crippen LogP contribution in [-0.2, 0) is 0 Å². The van der Waals surface area contributed by atoms with Crippen LogP contribution in [0.3, 0.4) is 0 Å². The summed E-state index contributed by atoms with van der Waals surface area (Å²) >= 11 is 14.2. The molecule has 0 N–H and O–H groups in total. The van der Waals surface area contributed by atoms with Gasteiger partial charge >= 0.3 is 0 Å². The molecule has 0 unspecified atom stereocenters. The van der Waals surface area contributed by atoms with Crippen molar-refractivity contribution < 1.29 is 0 Å². The summed E-state index contributed by atoms with van der Waals surface area (Å²) < 4.78 is 4.17. The minimum Gasteiger partial charge on any atom is -0.249 e. The third-order valence-corrected chi connectivity index (χ3v) is 6.60. The van der Waals surface area contributed by atoms with E-state index in [-0.39, 0.29) is 0 Å². The molecule has 0 radical (unpaired) electrons. The molecule has 0 saturated carbocycles. The maximum absolute atomic E-state index is 3.55. The lowest BCUT2D eigenvalue weighted by atomic mass is 10.2. The molecule has 0 spiro atoms. The van der Waals surface area contributed by atoms with E-state index >= 15 is 0 Å². The first-order valence-electron chi connectivity index (χ1n) is 9.14. The number of rotatable bonds is 5. The molecule has 0 fully saturated rings. The molecule has 4 rings (SSSR count). The Balaban J connectivity index is 1.93. The van der Waals surface area contributed by atoms with E-state index in [0.717, 1.165) is 40.6 Å². The number of benzene rings is 4. The van der Waals surface area contributed by atoms with Crippen LogP contribution in [0.5, 0.6) is 0 Å². The smallest absolute Gasteiger partial charge is 0.0637 e. The molecule has 4 aromatic carbocycles. The first-order chi connectivity index (χ1) is 14.5. The van der Waals surface area contributed by atoms with Gasteiger partial charge in [0.15, 0.2) is 0 Å². The maximum atomic E-state index is 3.55. The number of halogens is 4. The van der Waals surface area contributed by atoms with Gasteiger partial charge in [-0.15, -0.1) is 0 Å². The summed E-state index contributed by atoms with van der Waals surface area (Å²) in [5.74, 6) is 0. The predicted molar refractivity (Wildman–Crippen MR) is 141 cm³/mol. The lowest BCUT2D eigenvalue weighted by Crippen LogP contribution is -2.35. The summed E-state index contributed by atoms with van der Waals surface area (Å²) in [5, 5.41) is 4.43. The highest BCUT2D eigenvalue weighted by Gasteiger charge is 2.21. The fraction of sp³-hybridized carbons (Fsp3) is 0. The van der Waals surface area contributed by atoms with Crippen LogP contribution in [0.1, 0.15) is 0 Å². The average molecular weight is 652 g/mol. The monoisotopic (exact) mass is 648 g/mol. The average Bonchev–Trinajstić information content (AvgIpc) is 2.75. The van der Waals surface area contributed by atoms with Crippen LogP contribution in [0.4, 0.5) is 22.7 Å². The Labute approximate surface area is 210 Å². The lowest BCUT2D eigenvalue weighted by molar-refractivity contribution is 0.988. The van der Waals surface area contributed by atoms with Crippen molar-refractivity contribution in [2.75, 3.05) is 10.0 Å². The van der Waals surface area contributed by atoms with Crippen molar-refractivity contribution >= 4 is 86.5 Å². The van der Waals surface area contributed by atoms with Crippen LogP contribution in [0, 0.1) is 0 Å². The summed E-state index contributed by atoms with van der Waals surface area (Å²) in [7, 11) is 0. The Morgan fingerprint density at radius 1 is 0.300 bits per heavy atom. The minimum absolute atomic E-state index is 1.04. The summed E-state index contributed by atoms with van der Waals surface area (Å²) in [5.41, 5.74) is 4.19. The number of hydrazine groups is 1. The molecule has 0 aliphatic heterocycles. The quantitative estimate of drug-likeness (QED) is 0.198. The topological polar surface area (TPSA) is 6.48 Å². The van der Waals surface area contributed by atoms with Gasteiger partial charge in [-0.05, 0) is 97.1 Å². The molecule has 30 heavy (non-hydrogen) atoms. The molecule has 0 bridgehead atoms. The fourth-order valence-corrected chi connectivity index (χ4v) is 4.15. The molecular weight excluding hydrogens is 636 g/mol. The van der Waals surface area contributed by atoms with Gasteiger partial charge < -0.3 is 0 Å².